The van der Waals surface area contributed by atoms with E-state index in [9.17, 15) is 4.79 Å². The van der Waals surface area contributed by atoms with Gasteiger partial charge in [-0.3, -0.25) is 0 Å². The minimum Gasteiger partial charge on any atom is -0.392 e. The molecule has 2 aromatic carbocycles. The molecule has 2 aromatic rings. The highest BCUT2D eigenvalue weighted by Gasteiger charge is 2.02. The van der Waals surface area contributed by atoms with E-state index in [1.807, 2.05) is 12.1 Å². The van der Waals surface area contributed by atoms with Gasteiger partial charge in [0.05, 0.1) is 6.61 Å². The summed E-state index contributed by atoms with van der Waals surface area (Å²) in [6.45, 7) is 0.417. The Balaban J connectivity index is 1.84. The molecule has 0 atom stereocenters. The minimum atomic E-state index is -0.281. The molecule has 2 rings (SSSR count). The first-order chi connectivity index (χ1) is 9.67. The summed E-state index contributed by atoms with van der Waals surface area (Å²) >= 11 is 5.79. The van der Waals surface area contributed by atoms with Crippen molar-refractivity contribution in [1.29, 1.82) is 0 Å². The summed E-state index contributed by atoms with van der Waals surface area (Å²) in [7, 11) is 0. The van der Waals surface area contributed by atoms with Crippen molar-refractivity contribution >= 4 is 23.3 Å². The monoisotopic (exact) mass is 290 g/mol. The number of hydrogen-bond donors (Lipinski definition) is 3. The number of urea groups is 1. The molecule has 0 aliphatic rings. The highest BCUT2D eigenvalue weighted by molar-refractivity contribution is 6.30. The summed E-state index contributed by atoms with van der Waals surface area (Å²) in [4.78, 5) is 11.7. The van der Waals surface area contributed by atoms with Crippen molar-refractivity contribution in [2.75, 3.05) is 5.32 Å². The van der Waals surface area contributed by atoms with Crippen molar-refractivity contribution in [3.05, 3.63) is 64.7 Å². The lowest BCUT2D eigenvalue weighted by molar-refractivity contribution is 0.251. The Labute approximate surface area is 122 Å². The first-order valence-corrected chi connectivity index (χ1v) is 6.54. The van der Waals surface area contributed by atoms with Crippen LogP contribution in [-0.2, 0) is 13.2 Å². The third kappa shape index (κ3) is 4.26. The zero-order valence-corrected chi connectivity index (χ0v) is 11.5. The highest BCUT2D eigenvalue weighted by atomic mass is 35.5. The summed E-state index contributed by atoms with van der Waals surface area (Å²) < 4.78 is 0. The van der Waals surface area contributed by atoms with Crippen LogP contribution in [0.5, 0.6) is 0 Å². The van der Waals surface area contributed by atoms with Gasteiger partial charge in [-0.1, -0.05) is 35.9 Å². The maximum Gasteiger partial charge on any atom is 0.319 e. The molecule has 0 radical (unpaired) electrons. The smallest absolute Gasteiger partial charge is 0.319 e. The summed E-state index contributed by atoms with van der Waals surface area (Å²) in [6, 6.07) is 14.0. The molecule has 0 aromatic heterocycles. The number of nitrogens with one attached hydrogen (secondary N) is 2. The van der Waals surface area contributed by atoms with Gasteiger partial charge in [0.2, 0.25) is 0 Å². The summed E-state index contributed by atoms with van der Waals surface area (Å²) in [6.07, 6.45) is 0. The first kappa shape index (κ1) is 14.4. The van der Waals surface area contributed by atoms with Gasteiger partial charge in [0, 0.05) is 17.3 Å². The van der Waals surface area contributed by atoms with Crippen LogP contribution in [0.2, 0.25) is 5.02 Å². The molecule has 0 spiro atoms. The highest BCUT2D eigenvalue weighted by Crippen LogP contribution is 2.10. The Hall–Kier alpha value is -2.04. The van der Waals surface area contributed by atoms with Crippen LogP contribution in [-0.4, -0.2) is 11.1 Å². The van der Waals surface area contributed by atoms with E-state index in [1.54, 1.807) is 36.4 Å². The number of amides is 2. The van der Waals surface area contributed by atoms with Crippen LogP contribution in [0, 0.1) is 0 Å². The molecule has 3 N–H and O–H groups in total. The fourth-order valence-corrected chi connectivity index (χ4v) is 1.78. The Bertz CT molecular complexity index is 567. The number of rotatable bonds is 4. The van der Waals surface area contributed by atoms with Gasteiger partial charge in [-0.2, -0.15) is 0 Å². The molecule has 0 aliphatic heterocycles. The summed E-state index contributed by atoms with van der Waals surface area (Å²) in [5, 5.41) is 15.1. The third-order valence-electron chi connectivity index (χ3n) is 2.76. The van der Waals surface area contributed by atoms with Crippen molar-refractivity contribution in [1.82, 2.24) is 5.32 Å². The zero-order valence-electron chi connectivity index (χ0n) is 10.8. The van der Waals surface area contributed by atoms with Crippen LogP contribution in [0.4, 0.5) is 10.5 Å². The number of carbonyl (C=O) groups is 1. The van der Waals surface area contributed by atoms with Gasteiger partial charge < -0.3 is 15.7 Å². The van der Waals surface area contributed by atoms with E-state index in [0.29, 0.717) is 17.3 Å². The minimum absolute atomic E-state index is 0.0109. The lowest BCUT2D eigenvalue weighted by Gasteiger charge is -2.08. The molecule has 0 aliphatic carbocycles. The van der Waals surface area contributed by atoms with Crippen LogP contribution < -0.4 is 10.6 Å². The average Bonchev–Trinajstić information content (AvgIpc) is 2.47. The molecule has 20 heavy (non-hydrogen) atoms. The zero-order chi connectivity index (χ0) is 14.4. The molecule has 0 unspecified atom stereocenters. The second-order valence-electron chi connectivity index (χ2n) is 4.29. The van der Waals surface area contributed by atoms with Gasteiger partial charge in [-0.05, 0) is 35.4 Å². The standard InChI is InChI=1S/C15H15ClN2O2/c16-13-5-1-11(2-6-13)9-17-15(20)18-14-7-3-12(10-19)4-8-14/h1-8,19H,9-10H2,(H2,17,18,20). The van der Waals surface area contributed by atoms with Gasteiger partial charge in [0.1, 0.15) is 0 Å². The van der Waals surface area contributed by atoms with Crippen molar-refractivity contribution in [2.24, 2.45) is 0 Å². The molecular formula is C15H15ClN2O2. The number of aliphatic hydroxyl groups is 1. The van der Waals surface area contributed by atoms with Gasteiger partial charge in [0.15, 0.2) is 0 Å². The predicted octanol–water partition coefficient (Wildman–Crippen LogP) is 3.15. The van der Waals surface area contributed by atoms with Gasteiger partial charge in [0.25, 0.3) is 0 Å². The normalized spacial score (nSPS) is 10.1. The first-order valence-electron chi connectivity index (χ1n) is 6.16. The van der Waals surface area contributed by atoms with Crippen molar-refractivity contribution in [2.45, 2.75) is 13.2 Å². The number of hydrogen-bond acceptors (Lipinski definition) is 2. The van der Waals surface area contributed by atoms with Crippen molar-refractivity contribution < 1.29 is 9.90 Å². The number of benzene rings is 2. The molecule has 0 fully saturated rings. The molecule has 0 heterocycles. The molecule has 2 amide bonds. The lowest BCUT2D eigenvalue weighted by Crippen LogP contribution is -2.28. The lowest BCUT2D eigenvalue weighted by atomic mass is 10.2. The Morgan fingerprint density at radius 1 is 1.00 bits per heavy atom. The molecule has 4 nitrogen and oxygen atoms in total. The van der Waals surface area contributed by atoms with Gasteiger partial charge >= 0.3 is 6.03 Å². The second kappa shape index (κ2) is 6.93. The maximum atomic E-state index is 11.7. The maximum absolute atomic E-state index is 11.7. The quantitative estimate of drug-likeness (QED) is 0.810. The van der Waals surface area contributed by atoms with Crippen LogP contribution in [0.3, 0.4) is 0 Å². The van der Waals surface area contributed by atoms with E-state index in [4.69, 9.17) is 16.7 Å². The van der Waals surface area contributed by atoms with E-state index in [1.165, 1.54) is 0 Å². The number of aliphatic hydroxyl groups excluding tert-OH is 1. The second-order valence-corrected chi connectivity index (χ2v) is 4.73. The topological polar surface area (TPSA) is 61.4 Å². The third-order valence-corrected chi connectivity index (χ3v) is 3.01. The average molecular weight is 291 g/mol. The Morgan fingerprint density at radius 3 is 2.20 bits per heavy atom. The van der Waals surface area contributed by atoms with Crippen molar-refractivity contribution in [3.8, 4) is 0 Å². The van der Waals surface area contributed by atoms with E-state index in [0.717, 1.165) is 11.1 Å². The number of carbonyl (C=O) groups excluding carboxylic acids is 1. The summed E-state index contributed by atoms with van der Waals surface area (Å²) in [5.74, 6) is 0. The van der Waals surface area contributed by atoms with E-state index in [-0.39, 0.29) is 12.6 Å². The van der Waals surface area contributed by atoms with Crippen LogP contribution in [0.25, 0.3) is 0 Å². The number of anilines is 1. The molecule has 0 bridgehead atoms. The van der Waals surface area contributed by atoms with Crippen LogP contribution in [0.1, 0.15) is 11.1 Å². The number of halogens is 1. The van der Waals surface area contributed by atoms with Crippen molar-refractivity contribution in [3.63, 3.8) is 0 Å². The fraction of sp³-hybridized carbons (Fsp3) is 0.133. The largest absolute Gasteiger partial charge is 0.392 e. The van der Waals surface area contributed by atoms with Crippen LogP contribution >= 0.6 is 11.6 Å². The molecule has 104 valence electrons. The Morgan fingerprint density at radius 2 is 1.60 bits per heavy atom. The molecule has 0 saturated carbocycles. The van der Waals surface area contributed by atoms with Gasteiger partial charge in [-0.15, -0.1) is 0 Å². The van der Waals surface area contributed by atoms with Crippen LogP contribution in [0.15, 0.2) is 48.5 Å². The molecule has 5 heteroatoms. The van der Waals surface area contributed by atoms with Gasteiger partial charge in [-0.25, -0.2) is 4.79 Å². The predicted molar refractivity (Wildman–Crippen MR) is 79.7 cm³/mol. The summed E-state index contributed by atoms with van der Waals surface area (Å²) in [5.41, 5.74) is 2.45. The Kier molecular flexibility index (Phi) is 4.98. The molecule has 0 saturated heterocycles. The van der Waals surface area contributed by atoms with E-state index >= 15 is 0 Å². The SMILES string of the molecule is O=C(NCc1ccc(Cl)cc1)Nc1ccc(CO)cc1. The molecular weight excluding hydrogens is 276 g/mol. The van der Waals surface area contributed by atoms with E-state index in [2.05, 4.69) is 10.6 Å². The fourth-order valence-electron chi connectivity index (χ4n) is 1.65. The van der Waals surface area contributed by atoms with E-state index < -0.39 is 0 Å².